The normalized spacial score (nSPS) is 11.6. The van der Waals surface area contributed by atoms with Gasteiger partial charge in [-0.1, -0.05) is 24.3 Å². The monoisotopic (exact) mass is 188 g/mol. The molecule has 0 radical (unpaired) electrons. The molecule has 0 spiro atoms. The number of carbonyl (C=O) groups is 1. The molecule has 1 rings (SSSR count). The summed E-state index contributed by atoms with van der Waals surface area (Å²) in [5.74, 6) is 0.132. The molecule has 0 aliphatic carbocycles. The number of carbonyl (C=O) groups excluding carboxylic acids is 1. The van der Waals surface area contributed by atoms with Gasteiger partial charge in [-0.3, -0.25) is 4.79 Å². The fraction of sp³-hybridized carbons (Fsp3) is 0.308. The molecule has 0 atom stereocenters. The van der Waals surface area contributed by atoms with Crippen molar-refractivity contribution in [1.82, 2.24) is 0 Å². The minimum Gasteiger partial charge on any atom is -0.295 e. The van der Waals surface area contributed by atoms with Crippen LogP contribution in [0.3, 0.4) is 0 Å². The summed E-state index contributed by atoms with van der Waals surface area (Å²) in [6.07, 6.45) is 2.07. The molecule has 1 heteroatoms. The molecule has 0 N–H and O–H groups in total. The average Bonchev–Trinajstić information content (AvgIpc) is 2.15. The number of hydrogen-bond donors (Lipinski definition) is 0. The third-order valence-electron chi connectivity index (χ3n) is 2.49. The van der Waals surface area contributed by atoms with Gasteiger partial charge in [-0.05, 0) is 44.4 Å². The molecule has 0 aromatic heterocycles. The number of rotatable bonds is 2. The lowest BCUT2D eigenvalue weighted by Gasteiger charge is -2.06. The van der Waals surface area contributed by atoms with Crippen LogP contribution in [-0.4, -0.2) is 5.78 Å². The highest BCUT2D eigenvalue weighted by Crippen LogP contribution is 2.18. The quantitative estimate of drug-likeness (QED) is 0.648. The summed E-state index contributed by atoms with van der Waals surface area (Å²) in [6, 6.07) is 5.96. The Morgan fingerprint density at radius 3 is 2.36 bits per heavy atom. The summed E-state index contributed by atoms with van der Waals surface area (Å²) in [6.45, 7) is 7.67. The molecule has 0 saturated carbocycles. The Hall–Kier alpha value is -1.37. The largest absolute Gasteiger partial charge is 0.295 e. The molecule has 1 aromatic rings. The van der Waals surface area contributed by atoms with E-state index in [0.717, 1.165) is 11.1 Å². The SMILES string of the molecule is C/C=C(\C)c1ccc(C(C)=O)c(C)c1. The fourth-order valence-corrected chi connectivity index (χ4v) is 1.47. The first-order valence-electron chi connectivity index (χ1n) is 4.81. The molecule has 1 aromatic carbocycles. The number of benzene rings is 1. The zero-order chi connectivity index (χ0) is 10.7. The number of Topliss-reactive ketones (excluding diaryl/α,β-unsaturated/α-hetero) is 1. The second-order valence-corrected chi connectivity index (χ2v) is 3.56. The Balaban J connectivity index is 3.19. The van der Waals surface area contributed by atoms with Gasteiger partial charge < -0.3 is 0 Å². The summed E-state index contributed by atoms with van der Waals surface area (Å²) in [4.78, 5) is 11.2. The second kappa shape index (κ2) is 4.23. The minimum absolute atomic E-state index is 0.132. The smallest absolute Gasteiger partial charge is 0.160 e. The van der Waals surface area contributed by atoms with Crippen molar-refractivity contribution in [2.45, 2.75) is 27.7 Å². The summed E-state index contributed by atoms with van der Waals surface area (Å²) in [5.41, 5.74) is 4.30. The van der Waals surface area contributed by atoms with Crippen molar-refractivity contribution in [3.05, 3.63) is 41.0 Å². The van der Waals surface area contributed by atoms with Crippen LogP contribution in [0.5, 0.6) is 0 Å². The molecule has 0 saturated heterocycles. The standard InChI is InChI=1S/C13H16O/c1-5-9(2)12-6-7-13(11(4)14)10(3)8-12/h5-8H,1-4H3/b9-5+. The van der Waals surface area contributed by atoms with Gasteiger partial charge in [0.2, 0.25) is 0 Å². The van der Waals surface area contributed by atoms with Gasteiger partial charge in [-0.2, -0.15) is 0 Å². The number of hydrogen-bond acceptors (Lipinski definition) is 1. The summed E-state index contributed by atoms with van der Waals surface area (Å²) < 4.78 is 0. The van der Waals surface area contributed by atoms with E-state index in [1.165, 1.54) is 11.1 Å². The molecule has 0 unspecified atom stereocenters. The van der Waals surface area contributed by atoms with Crippen LogP contribution in [0.25, 0.3) is 5.57 Å². The van der Waals surface area contributed by atoms with E-state index in [9.17, 15) is 4.79 Å². The molecular formula is C13H16O. The Kier molecular flexibility index (Phi) is 3.23. The van der Waals surface area contributed by atoms with Gasteiger partial charge in [0, 0.05) is 5.56 Å². The minimum atomic E-state index is 0.132. The molecule has 74 valence electrons. The highest BCUT2D eigenvalue weighted by atomic mass is 16.1. The fourth-order valence-electron chi connectivity index (χ4n) is 1.47. The molecule has 0 aliphatic rings. The van der Waals surface area contributed by atoms with Crippen molar-refractivity contribution in [2.75, 3.05) is 0 Å². The van der Waals surface area contributed by atoms with E-state index in [2.05, 4.69) is 19.1 Å². The average molecular weight is 188 g/mol. The molecule has 0 fully saturated rings. The summed E-state index contributed by atoms with van der Waals surface area (Å²) in [7, 11) is 0. The maximum absolute atomic E-state index is 11.2. The van der Waals surface area contributed by atoms with E-state index < -0.39 is 0 Å². The molecule has 14 heavy (non-hydrogen) atoms. The van der Waals surface area contributed by atoms with Crippen LogP contribution in [0.4, 0.5) is 0 Å². The van der Waals surface area contributed by atoms with Crippen molar-refractivity contribution >= 4 is 11.4 Å². The molecule has 1 nitrogen and oxygen atoms in total. The van der Waals surface area contributed by atoms with Crippen LogP contribution in [0.15, 0.2) is 24.3 Å². The van der Waals surface area contributed by atoms with E-state index in [1.54, 1.807) is 6.92 Å². The first kappa shape index (κ1) is 10.7. The van der Waals surface area contributed by atoms with Gasteiger partial charge in [-0.15, -0.1) is 0 Å². The van der Waals surface area contributed by atoms with Crippen LogP contribution in [-0.2, 0) is 0 Å². The molecule has 0 amide bonds. The number of ketones is 1. The van der Waals surface area contributed by atoms with Gasteiger partial charge >= 0.3 is 0 Å². The first-order valence-corrected chi connectivity index (χ1v) is 4.81. The third-order valence-corrected chi connectivity index (χ3v) is 2.49. The second-order valence-electron chi connectivity index (χ2n) is 3.56. The van der Waals surface area contributed by atoms with Crippen molar-refractivity contribution in [2.24, 2.45) is 0 Å². The van der Waals surface area contributed by atoms with E-state index >= 15 is 0 Å². The first-order chi connectivity index (χ1) is 6.56. The highest BCUT2D eigenvalue weighted by Gasteiger charge is 2.04. The Morgan fingerprint density at radius 2 is 1.93 bits per heavy atom. The van der Waals surface area contributed by atoms with Crippen molar-refractivity contribution in [3.63, 3.8) is 0 Å². The summed E-state index contributed by atoms with van der Waals surface area (Å²) >= 11 is 0. The molecule has 0 aliphatic heterocycles. The predicted octanol–water partition coefficient (Wildman–Crippen LogP) is 3.62. The Labute approximate surface area is 85.5 Å². The van der Waals surface area contributed by atoms with E-state index in [4.69, 9.17) is 0 Å². The van der Waals surface area contributed by atoms with Crippen molar-refractivity contribution < 1.29 is 4.79 Å². The van der Waals surface area contributed by atoms with Crippen LogP contribution in [0, 0.1) is 6.92 Å². The van der Waals surface area contributed by atoms with Crippen LogP contribution in [0.2, 0.25) is 0 Å². The topological polar surface area (TPSA) is 17.1 Å². The van der Waals surface area contributed by atoms with E-state index in [0.29, 0.717) is 0 Å². The van der Waals surface area contributed by atoms with E-state index in [-0.39, 0.29) is 5.78 Å². The summed E-state index contributed by atoms with van der Waals surface area (Å²) in [5, 5.41) is 0. The van der Waals surface area contributed by atoms with Crippen molar-refractivity contribution in [1.29, 1.82) is 0 Å². The van der Waals surface area contributed by atoms with Gasteiger partial charge in [-0.25, -0.2) is 0 Å². The third kappa shape index (κ3) is 2.11. The number of allylic oxidation sites excluding steroid dienone is 2. The maximum atomic E-state index is 11.2. The van der Waals surface area contributed by atoms with Crippen LogP contribution >= 0.6 is 0 Å². The van der Waals surface area contributed by atoms with Crippen LogP contribution < -0.4 is 0 Å². The molecule has 0 heterocycles. The van der Waals surface area contributed by atoms with Crippen LogP contribution in [0.1, 0.15) is 42.3 Å². The molecular weight excluding hydrogens is 172 g/mol. The highest BCUT2D eigenvalue weighted by molar-refractivity contribution is 5.95. The van der Waals surface area contributed by atoms with Gasteiger partial charge in [0.05, 0.1) is 0 Å². The number of aryl methyl sites for hydroxylation is 1. The van der Waals surface area contributed by atoms with Gasteiger partial charge in [0.1, 0.15) is 0 Å². The van der Waals surface area contributed by atoms with Gasteiger partial charge in [0.15, 0.2) is 5.78 Å². The zero-order valence-corrected chi connectivity index (χ0v) is 9.22. The predicted molar refractivity (Wildman–Crippen MR) is 60.5 cm³/mol. The molecule has 0 bridgehead atoms. The zero-order valence-electron chi connectivity index (χ0n) is 9.22. The van der Waals surface area contributed by atoms with E-state index in [1.807, 2.05) is 26.0 Å². The van der Waals surface area contributed by atoms with Crippen molar-refractivity contribution in [3.8, 4) is 0 Å². The van der Waals surface area contributed by atoms with Gasteiger partial charge in [0.25, 0.3) is 0 Å². The Morgan fingerprint density at radius 1 is 1.29 bits per heavy atom. The lowest BCUT2D eigenvalue weighted by Crippen LogP contribution is -1.96. The Bertz CT molecular complexity index is 386. The lowest BCUT2D eigenvalue weighted by atomic mass is 9.99. The maximum Gasteiger partial charge on any atom is 0.160 e. The lowest BCUT2D eigenvalue weighted by molar-refractivity contribution is 0.101.